The lowest BCUT2D eigenvalue weighted by molar-refractivity contribution is 0.0487. The van der Waals surface area contributed by atoms with Crippen molar-refractivity contribution in [3.63, 3.8) is 0 Å². The van der Waals surface area contributed by atoms with Crippen LogP contribution in [0, 0.1) is 0 Å². The molecule has 0 aromatic heterocycles. The maximum atomic E-state index is 13.2. The van der Waals surface area contributed by atoms with Gasteiger partial charge in [0.25, 0.3) is 10.1 Å². The lowest BCUT2D eigenvalue weighted by atomic mass is 9.96. The van der Waals surface area contributed by atoms with Crippen molar-refractivity contribution in [2.75, 3.05) is 6.61 Å². The molecule has 0 aliphatic heterocycles. The van der Waals surface area contributed by atoms with E-state index in [0.717, 1.165) is 57.4 Å². The first-order valence-electron chi connectivity index (χ1n) is 13.9. The Bertz CT molecular complexity index is 1130. The zero-order valence-electron chi connectivity index (χ0n) is 22.7. The summed E-state index contributed by atoms with van der Waals surface area (Å²) in [6.45, 7) is 4.59. The highest BCUT2D eigenvalue weighted by Crippen LogP contribution is 2.26. The van der Waals surface area contributed by atoms with E-state index in [1.54, 1.807) is 6.07 Å². The monoisotopic (exact) mass is 546 g/mol. The molecule has 0 spiro atoms. The largest absolute Gasteiger partial charge is 0.462 e. The summed E-state index contributed by atoms with van der Waals surface area (Å²) in [5.41, 5.74) is 0.860. The summed E-state index contributed by atoms with van der Waals surface area (Å²) >= 11 is 0. The Labute approximate surface area is 227 Å². The molecule has 7 nitrogen and oxygen atoms in total. The van der Waals surface area contributed by atoms with E-state index >= 15 is 0 Å². The van der Waals surface area contributed by atoms with E-state index in [0.29, 0.717) is 12.0 Å². The van der Waals surface area contributed by atoms with Crippen molar-refractivity contribution in [1.29, 1.82) is 0 Å². The topological polar surface area (TPSA) is 107 Å². The number of esters is 2. The van der Waals surface area contributed by atoms with Gasteiger partial charge in [-0.15, -0.1) is 0 Å². The number of aryl methyl sites for hydroxylation is 1. The van der Waals surface area contributed by atoms with Gasteiger partial charge in [-0.2, -0.15) is 8.42 Å². The second kappa shape index (κ2) is 17.0. The summed E-state index contributed by atoms with van der Waals surface area (Å²) in [5.74, 6) is -1.79. The van der Waals surface area contributed by atoms with E-state index in [9.17, 15) is 22.6 Å². The number of hydrogen-bond donors (Lipinski definition) is 1. The van der Waals surface area contributed by atoms with Gasteiger partial charge in [-0.05, 0) is 43.0 Å². The molecule has 0 aliphatic rings. The second-order valence-corrected chi connectivity index (χ2v) is 11.0. The van der Waals surface area contributed by atoms with Crippen molar-refractivity contribution in [3.8, 4) is 5.75 Å². The molecule has 0 bridgehead atoms. The molecule has 0 atom stereocenters. The predicted molar refractivity (Wildman–Crippen MR) is 148 cm³/mol. The summed E-state index contributed by atoms with van der Waals surface area (Å²) in [6, 6.07) is 10.3. The van der Waals surface area contributed by atoms with Crippen molar-refractivity contribution < 1.29 is 32.0 Å². The minimum absolute atomic E-state index is 0.00608. The molecule has 38 heavy (non-hydrogen) atoms. The minimum atomic E-state index is -4.61. The van der Waals surface area contributed by atoms with Gasteiger partial charge in [-0.25, -0.2) is 9.59 Å². The van der Waals surface area contributed by atoms with Crippen LogP contribution in [-0.4, -0.2) is 31.5 Å². The molecular weight excluding hydrogens is 504 g/mol. The molecule has 0 fully saturated rings. The van der Waals surface area contributed by atoms with Crippen LogP contribution in [0.2, 0.25) is 0 Å². The van der Waals surface area contributed by atoms with E-state index in [-0.39, 0.29) is 23.5 Å². The second-order valence-electron chi connectivity index (χ2n) is 9.57. The normalized spacial score (nSPS) is 11.3. The molecule has 210 valence electrons. The van der Waals surface area contributed by atoms with E-state index in [1.807, 2.05) is 6.07 Å². The number of benzene rings is 2. The van der Waals surface area contributed by atoms with Gasteiger partial charge in [-0.1, -0.05) is 102 Å². The molecule has 1 N–H and O–H groups in total. The Balaban J connectivity index is 2.21. The standard InChI is InChI=1S/C30H42O7S/c1-3-5-7-9-11-13-18-24-19-17-20-25(28(24)30(32)36-23-16-12-10-8-6-4-2)29(31)37-26-21-14-15-22-27(26)38(33,34)35/h14-15,17,19-22H,3-13,16,18,23H2,1-2H3,(H,33,34,35). The Kier molecular flexibility index (Phi) is 14.1. The zero-order valence-corrected chi connectivity index (χ0v) is 23.6. The molecule has 0 aliphatic carbocycles. The fourth-order valence-electron chi connectivity index (χ4n) is 4.34. The predicted octanol–water partition coefficient (Wildman–Crippen LogP) is 7.57. The van der Waals surface area contributed by atoms with Gasteiger partial charge in [0.2, 0.25) is 0 Å². The molecular formula is C30H42O7S. The molecule has 2 rings (SSSR count). The highest BCUT2D eigenvalue weighted by atomic mass is 32.2. The maximum absolute atomic E-state index is 13.2. The number of ether oxygens (including phenoxy) is 2. The van der Waals surface area contributed by atoms with Crippen molar-refractivity contribution >= 4 is 22.1 Å². The van der Waals surface area contributed by atoms with E-state index in [4.69, 9.17) is 9.47 Å². The fourth-order valence-corrected chi connectivity index (χ4v) is 4.95. The molecule has 2 aromatic rings. The van der Waals surface area contributed by atoms with Gasteiger partial charge < -0.3 is 9.47 Å². The molecule has 0 saturated heterocycles. The van der Waals surface area contributed by atoms with Gasteiger partial charge in [0.15, 0.2) is 5.75 Å². The molecule has 0 radical (unpaired) electrons. The van der Waals surface area contributed by atoms with Crippen LogP contribution in [0.1, 0.15) is 117 Å². The third-order valence-electron chi connectivity index (χ3n) is 6.44. The maximum Gasteiger partial charge on any atom is 0.344 e. The molecule has 0 unspecified atom stereocenters. The lowest BCUT2D eigenvalue weighted by Crippen LogP contribution is -2.19. The third-order valence-corrected chi connectivity index (χ3v) is 7.33. The van der Waals surface area contributed by atoms with Crippen LogP contribution in [0.3, 0.4) is 0 Å². The van der Waals surface area contributed by atoms with E-state index in [1.165, 1.54) is 49.9 Å². The summed E-state index contributed by atoms with van der Waals surface area (Å²) in [4.78, 5) is 25.9. The van der Waals surface area contributed by atoms with Crippen LogP contribution in [0.4, 0.5) is 0 Å². The van der Waals surface area contributed by atoms with E-state index in [2.05, 4.69) is 13.8 Å². The first kappa shape index (κ1) is 31.5. The minimum Gasteiger partial charge on any atom is -0.462 e. The van der Waals surface area contributed by atoms with Gasteiger partial charge >= 0.3 is 11.9 Å². The highest BCUT2D eigenvalue weighted by Gasteiger charge is 2.25. The lowest BCUT2D eigenvalue weighted by Gasteiger charge is -2.15. The fraction of sp³-hybridized carbons (Fsp3) is 0.533. The Morgan fingerprint density at radius 3 is 2.00 bits per heavy atom. The van der Waals surface area contributed by atoms with Crippen molar-refractivity contribution in [1.82, 2.24) is 0 Å². The van der Waals surface area contributed by atoms with Crippen LogP contribution < -0.4 is 4.74 Å². The van der Waals surface area contributed by atoms with Crippen LogP contribution in [-0.2, 0) is 21.3 Å². The van der Waals surface area contributed by atoms with Crippen molar-refractivity contribution in [2.45, 2.75) is 102 Å². The Hall–Kier alpha value is -2.71. The van der Waals surface area contributed by atoms with Crippen molar-refractivity contribution in [2.24, 2.45) is 0 Å². The average Bonchev–Trinajstić information content (AvgIpc) is 2.89. The first-order valence-corrected chi connectivity index (χ1v) is 15.3. The average molecular weight is 547 g/mol. The van der Waals surface area contributed by atoms with Crippen LogP contribution >= 0.6 is 0 Å². The summed E-state index contributed by atoms with van der Waals surface area (Å²) in [7, 11) is -4.61. The number of para-hydroxylation sites is 1. The van der Waals surface area contributed by atoms with Crippen LogP contribution in [0.25, 0.3) is 0 Å². The summed E-state index contributed by atoms with van der Waals surface area (Å²) in [6.07, 6.45) is 13.5. The van der Waals surface area contributed by atoms with Gasteiger partial charge in [-0.3, -0.25) is 4.55 Å². The molecule has 8 heteroatoms. The molecule has 0 saturated carbocycles. The van der Waals surface area contributed by atoms with Gasteiger partial charge in [0, 0.05) is 0 Å². The number of hydrogen-bond acceptors (Lipinski definition) is 6. The summed E-state index contributed by atoms with van der Waals surface area (Å²) < 4.78 is 43.9. The summed E-state index contributed by atoms with van der Waals surface area (Å²) in [5, 5.41) is 0. The smallest absolute Gasteiger partial charge is 0.344 e. The molecule has 0 heterocycles. The van der Waals surface area contributed by atoms with Crippen molar-refractivity contribution in [3.05, 3.63) is 59.2 Å². The number of unbranched alkanes of at least 4 members (excludes halogenated alkanes) is 10. The van der Waals surface area contributed by atoms with Crippen LogP contribution in [0.15, 0.2) is 47.4 Å². The Morgan fingerprint density at radius 1 is 0.737 bits per heavy atom. The highest BCUT2D eigenvalue weighted by molar-refractivity contribution is 7.86. The van der Waals surface area contributed by atoms with Gasteiger partial charge in [0.1, 0.15) is 4.90 Å². The number of rotatable bonds is 18. The first-order chi connectivity index (χ1) is 18.3. The third kappa shape index (κ3) is 10.6. The number of carbonyl (C=O) groups is 2. The van der Waals surface area contributed by atoms with Gasteiger partial charge in [0.05, 0.1) is 17.7 Å². The molecule has 2 aromatic carbocycles. The Morgan fingerprint density at radius 2 is 1.34 bits per heavy atom. The zero-order chi connectivity index (χ0) is 27.8. The van der Waals surface area contributed by atoms with Crippen LogP contribution in [0.5, 0.6) is 5.75 Å². The number of carbonyl (C=O) groups excluding carboxylic acids is 2. The molecule has 0 amide bonds. The SMILES string of the molecule is CCCCCCCCOC(=O)c1c(CCCCCCCC)cccc1C(=O)Oc1ccccc1S(=O)(=O)O. The quantitative estimate of drug-likeness (QED) is 0.0889. The van der Waals surface area contributed by atoms with E-state index < -0.39 is 27.0 Å².